The SMILES string of the molecule is CC1=CC2c3c(O)cc(OS(=O)(=O)c4ccc(F)cc4)cc3OC(C)(C)C2CC1. The van der Waals surface area contributed by atoms with E-state index in [9.17, 15) is 17.9 Å². The van der Waals surface area contributed by atoms with E-state index in [-0.39, 0.29) is 28.2 Å². The van der Waals surface area contributed by atoms with Crippen molar-refractivity contribution in [3.63, 3.8) is 0 Å². The number of phenols is 1. The van der Waals surface area contributed by atoms with Gasteiger partial charge in [-0.25, -0.2) is 4.39 Å². The molecule has 0 aromatic heterocycles. The van der Waals surface area contributed by atoms with Crippen LogP contribution >= 0.6 is 0 Å². The molecule has 0 amide bonds. The second kappa shape index (κ2) is 6.76. The average molecular weight is 418 g/mol. The van der Waals surface area contributed by atoms with E-state index in [1.54, 1.807) is 0 Å². The first kappa shape index (κ1) is 19.8. The van der Waals surface area contributed by atoms with Crippen molar-refractivity contribution in [3.05, 3.63) is 59.4 Å². The van der Waals surface area contributed by atoms with E-state index in [2.05, 4.69) is 13.0 Å². The van der Waals surface area contributed by atoms with Gasteiger partial charge in [-0.05, 0) is 57.9 Å². The van der Waals surface area contributed by atoms with Crippen molar-refractivity contribution < 1.29 is 26.8 Å². The maximum absolute atomic E-state index is 13.1. The third-order valence-electron chi connectivity index (χ3n) is 5.75. The van der Waals surface area contributed by atoms with Crippen molar-refractivity contribution >= 4 is 10.1 Å². The molecule has 1 aliphatic carbocycles. The van der Waals surface area contributed by atoms with Crippen molar-refractivity contribution in [2.75, 3.05) is 0 Å². The van der Waals surface area contributed by atoms with Gasteiger partial charge in [-0.1, -0.05) is 11.6 Å². The Morgan fingerprint density at radius 1 is 1.21 bits per heavy atom. The van der Waals surface area contributed by atoms with E-state index in [1.807, 2.05) is 13.8 Å². The molecule has 2 aliphatic rings. The number of benzene rings is 2. The summed E-state index contributed by atoms with van der Waals surface area (Å²) in [5, 5.41) is 10.7. The molecule has 1 heterocycles. The first-order valence-corrected chi connectivity index (χ1v) is 10.9. The molecule has 2 aromatic carbocycles. The Hall–Kier alpha value is -2.54. The number of hydrogen-bond acceptors (Lipinski definition) is 5. The van der Waals surface area contributed by atoms with Gasteiger partial charge in [-0.3, -0.25) is 0 Å². The van der Waals surface area contributed by atoms with Crippen LogP contribution < -0.4 is 8.92 Å². The lowest BCUT2D eigenvalue weighted by Gasteiger charge is -2.46. The Balaban J connectivity index is 1.73. The Morgan fingerprint density at radius 3 is 2.59 bits per heavy atom. The number of phenolic OH excluding ortho intramolecular Hbond substituents is 1. The number of halogens is 1. The van der Waals surface area contributed by atoms with Gasteiger partial charge in [0.25, 0.3) is 0 Å². The maximum Gasteiger partial charge on any atom is 0.339 e. The summed E-state index contributed by atoms with van der Waals surface area (Å²) < 4.78 is 49.5. The number of hydrogen-bond donors (Lipinski definition) is 1. The van der Waals surface area contributed by atoms with Crippen LogP contribution in [0.5, 0.6) is 17.2 Å². The van der Waals surface area contributed by atoms with E-state index >= 15 is 0 Å². The molecular formula is C22H23FO5S. The zero-order chi connectivity index (χ0) is 21.0. The summed E-state index contributed by atoms with van der Waals surface area (Å²) in [5.41, 5.74) is 1.43. The molecule has 1 aliphatic heterocycles. The summed E-state index contributed by atoms with van der Waals surface area (Å²) in [6.45, 7) is 6.08. The summed E-state index contributed by atoms with van der Waals surface area (Å²) in [4.78, 5) is -0.178. The topological polar surface area (TPSA) is 72.8 Å². The summed E-state index contributed by atoms with van der Waals surface area (Å²) >= 11 is 0. The van der Waals surface area contributed by atoms with Crippen LogP contribution in [0.4, 0.5) is 4.39 Å². The summed E-state index contributed by atoms with van der Waals surface area (Å²) in [7, 11) is -4.18. The average Bonchev–Trinajstić information content (AvgIpc) is 2.60. The fourth-order valence-corrected chi connectivity index (χ4v) is 5.24. The van der Waals surface area contributed by atoms with Crippen LogP contribution in [-0.2, 0) is 10.1 Å². The molecule has 0 bridgehead atoms. The van der Waals surface area contributed by atoms with Gasteiger partial charge in [-0.2, -0.15) is 8.42 Å². The van der Waals surface area contributed by atoms with Gasteiger partial charge in [-0.15, -0.1) is 0 Å². The fraction of sp³-hybridized carbons (Fsp3) is 0.364. The minimum atomic E-state index is -4.18. The maximum atomic E-state index is 13.1. The minimum Gasteiger partial charge on any atom is -0.507 e. The van der Waals surface area contributed by atoms with Gasteiger partial charge in [0.1, 0.15) is 33.6 Å². The molecule has 7 heteroatoms. The molecule has 0 spiro atoms. The normalized spacial score (nSPS) is 22.7. The zero-order valence-corrected chi connectivity index (χ0v) is 17.3. The van der Waals surface area contributed by atoms with Gasteiger partial charge in [0, 0.05) is 29.5 Å². The highest BCUT2D eigenvalue weighted by molar-refractivity contribution is 7.87. The third-order valence-corrected chi connectivity index (χ3v) is 7.01. The van der Waals surface area contributed by atoms with E-state index in [0.717, 1.165) is 37.1 Å². The standard InChI is InChI=1S/C22H23FO5S/c1-13-4-9-18-17(10-13)21-19(24)11-15(12-20(21)27-22(18,2)3)28-29(25,26)16-7-5-14(23)6-8-16/h5-8,10-12,17-18,24H,4,9H2,1-3H3. The minimum absolute atomic E-state index is 0.00902. The summed E-state index contributed by atoms with van der Waals surface area (Å²) in [6.07, 6.45) is 4.10. The predicted molar refractivity (Wildman–Crippen MR) is 106 cm³/mol. The van der Waals surface area contributed by atoms with Crippen LogP contribution in [-0.4, -0.2) is 19.1 Å². The van der Waals surface area contributed by atoms with Gasteiger partial charge in [0.2, 0.25) is 0 Å². The molecule has 29 heavy (non-hydrogen) atoms. The van der Waals surface area contributed by atoms with Crippen LogP contribution in [0.3, 0.4) is 0 Å². The fourth-order valence-electron chi connectivity index (χ4n) is 4.32. The van der Waals surface area contributed by atoms with Crippen molar-refractivity contribution in [2.45, 2.75) is 50.0 Å². The smallest absolute Gasteiger partial charge is 0.339 e. The number of ether oxygens (including phenoxy) is 1. The predicted octanol–water partition coefficient (Wildman–Crippen LogP) is 4.91. The van der Waals surface area contributed by atoms with Gasteiger partial charge < -0.3 is 14.0 Å². The van der Waals surface area contributed by atoms with Crippen molar-refractivity contribution in [3.8, 4) is 17.2 Å². The van der Waals surface area contributed by atoms with Crippen molar-refractivity contribution in [1.82, 2.24) is 0 Å². The first-order valence-electron chi connectivity index (χ1n) is 9.50. The van der Waals surface area contributed by atoms with E-state index in [4.69, 9.17) is 8.92 Å². The number of aromatic hydroxyl groups is 1. The van der Waals surface area contributed by atoms with Gasteiger partial charge >= 0.3 is 10.1 Å². The Morgan fingerprint density at radius 2 is 1.90 bits per heavy atom. The Bertz CT molecular complexity index is 1090. The molecule has 4 rings (SSSR count). The van der Waals surface area contributed by atoms with Crippen LogP contribution in [0, 0.1) is 11.7 Å². The first-order chi connectivity index (χ1) is 13.6. The number of rotatable bonds is 3. The molecule has 2 atom stereocenters. The lowest BCUT2D eigenvalue weighted by molar-refractivity contribution is 0.0107. The quantitative estimate of drug-likeness (QED) is 0.566. The van der Waals surface area contributed by atoms with Crippen LogP contribution in [0.1, 0.15) is 45.1 Å². The molecule has 154 valence electrons. The number of fused-ring (bicyclic) bond motifs is 3. The Kier molecular flexibility index (Phi) is 4.61. The van der Waals surface area contributed by atoms with E-state index in [0.29, 0.717) is 11.3 Å². The van der Waals surface area contributed by atoms with Crippen molar-refractivity contribution in [2.24, 2.45) is 5.92 Å². The number of allylic oxidation sites excluding steroid dienone is 2. The highest BCUT2D eigenvalue weighted by Gasteiger charge is 2.45. The molecule has 2 unspecified atom stereocenters. The monoisotopic (exact) mass is 418 g/mol. The second-order valence-electron chi connectivity index (χ2n) is 8.24. The zero-order valence-electron chi connectivity index (χ0n) is 16.5. The highest BCUT2D eigenvalue weighted by Crippen LogP contribution is 2.54. The van der Waals surface area contributed by atoms with E-state index in [1.165, 1.54) is 17.7 Å². The third kappa shape index (κ3) is 3.59. The summed E-state index contributed by atoms with van der Waals surface area (Å²) in [6, 6.07) is 7.13. The lowest BCUT2D eigenvalue weighted by Crippen LogP contribution is -2.45. The molecule has 0 radical (unpaired) electrons. The van der Waals surface area contributed by atoms with Crippen LogP contribution in [0.25, 0.3) is 0 Å². The van der Waals surface area contributed by atoms with Crippen LogP contribution in [0.2, 0.25) is 0 Å². The molecule has 1 N–H and O–H groups in total. The van der Waals surface area contributed by atoms with Crippen LogP contribution in [0.15, 0.2) is 52.9 Å². The van der Waals surface area contributed by atoms with Gasteiger partial charge in [0.15, 0.2) is 0 Å². The molecule has 2 aromatic rings. The van der Waals surface area contributed by atoms with E-state index < -0.39 is 21.5 Å². The van der Waals surface area contributed by atoms with Crippen molar-refractivity contribution in [1.29, 1.82) is 0 Å². The molecule has 0 fully saturated rings. The van der Waals surface area contributed by atoms with Gasteiger partial charge in [0.05, 0.1) is 0 Å². The molecule has 0 saturated heterocycles. The Labute approximate surface area is 169 Å². The lowest BCUT2D eigenvalue weighted by atomic mass is 9.68. The largest absolute Gasteiger partial charge is 0.507 e. The highest BCUT2D eigenvalue weighted by atomic mass is 32.2. The summed E-state index contributed by atoms with van der Waals surface area (Å²) in [5.74, 6) is -0.0629. The molecular weight excluding hydrogens is 395 g/mol. The molecule has 5 nitrogen and oxygen atoms in total. The second-order valence-corrected chi connectivity index (χ2v) is 9.78. The molecule has 0 saturated carbocycles.